The van der Waals surface area contributed by atoms with Gasteiger partial charge in [-0.15, -0.1) is 0 Å². The molecule has 0 fully saturated rings. The molecular weight excluding hydrogens is 330 g/mol. The maximum absolute atomic E-state index is 13.0. The van der Waals surface area contributed by atoms with Crippen LogP contribution in [0.1, 0.15) is 35.9 Å². The second kappa shape index (κ2) is 7.00. The van der Waals surface area contributed by atoms with E-state index in [0.717, 1.165) is 0 Å². The monoisotopic (exact) mass is 351 g/mol. The highest BCUT2D eigenvalue weighted by Crippen LogP contribution is 2.20. The quantitative estimate of drug-likeness (QED) is 0.784. The number of carbonyl (C=O) groups is 1. The number of phenols is 1. The Labute approximate surface area is 151 Å². The van der Waals surface area contributed by atoms with Gasteiger partial charge in [-0.2, -0.15) is 5.10 Å². The van der Waals surface area contributed by atoms with Crippen molar-refractivity contribution in [2.45, 2.75) is 26.4 Å². The van der Waals surface area contributed by atoms with Crippen molar-refractivity contribution < 1.29 is 9.90 Å². The predicted molar refractivity (Wildman–Crippen MR) is 100 cm³/mol. The zero-order chi connectivity index (χ0) is 18.8. The second-order valence-electron chi connectivity index (χ2n) is 6.53. The van der Waals surface area contributed by atoms with Crippen LogP contribution in [0.5, 0.6) is 5.75 Å². The summed E-state index contributed by atoms with van der Waals surface area (Å²) in [7, 11) is 1.65. The SMILES string of the molecule is CC(C)n1nc(C(=O)N(C)Cc2ccccc2O)c2ccccc2c1=O. The summed E-state index contributed by atoms with van der Waals surface area (Å²) in [5.74, 6) is -0.170. The molecule has 3 rings (SSSR count). The van der Waals surface area contributed by atoms with Gasteiger partial charge >= 0.3 is 0 Å². The van der Waals surface area contributed by atoms with Gasteiger partial charge in [0.05, 0.1) is 11.4 Å². The van der Waals surface area contributed by atoms with Crippen molar-refractivity contribution in [3.63, 3.8) is 0 Å². The molecule has 1 amide bonds. The molecule has 0 radical (unpaired) electrons. The van der Waals surface area contributed by atoms with Crippen LogP contribution in [0.25, 0.3) is 10.8 Å². The first-order valence-corrected chi connectivity index (χ1v) is 8.44. The predicted octanol–water partition coefficient (Wildman–Crippen LogP) is 2.96. The van der Waals surface area contributed by atoms with Crippen LogP contribution in [0.4, 0.5) is 0 Å². The molecule has 0 aliphatic rings. The number of nitrogens with zero attached hydrogens (tertiary/aromatic N) is 3. The van der Waals surface area contributed by atoms with Crippen molar-refractivity contribution in [1.82, 2.24) is 14.7 Å². The Morgan fingerprint density at radius 3 is 2.38 bits per heavy atom. The van der Waals surface area contributed by atoms with Crippen LogP contribution < -0.4 is 5.56 Å². The number of amides is 1. The minimum atomic E-state index is -0.307. The molecular formula is C20H21N3O3. The van der Waals surface area contributed by atoms with E-state index in [9.17, 15) is 14.7 Å². The summed E-state index contributed by atoms with van der Waals surface area (Å²) >= 11 is 0. The number of phenolic OH excluding ortho intramolecular Hbond substituents is 1. The van der Waals surface area contributed by atoms with E-state index in [1.165, 1.54) is 9.58 Å². The summed E-state index contributed by atoms with van der Waals surface area (Å²) in [6.07, 6.45) is 0. The molecule has 134 valence electrons. The van der Waals surface area contributed by atoms with Crippen molar-refractivity contribution in [2.24, 2.45) is 0 Å². The Balaban J connectivity index is 2.06. The number of fused-ring (bicyclic) bond motifs is 1. The maximum Gasteiger partial charge on any atom is 0.274 e. The molecule has 0 aliphatic heterocycles. The summed E-state index contributed by atoms with van der Waals surface area (Å²) in [6, 6.07) is 13.7. The Kier molecular flexibility index (Phi) is 4.75. The number of hydrogen-bond donors (Lipinski definition) is 1. The minimum Gasteiger partial charge on any atom is -0.508 e. The lowest BCUT2D eigenvalue weighted by atomic mass is 10.1. The smallest absolute Gasteiger partial charge is 0.274 e. The first kappa shape index (κ1) is 17.7. The van der Waals surface area contributed by atoms with Crippen LogP contribution in [0.3, 0.4) is 0 Å². The molecule has 0 aliphatic carbocycles. The standard InChI is InChI=1S/C20H21N3O3/c1-13(2)23-19(25)16-10-6-5-9-15(16)18(21-23)20(26)22(3)12-14-8-4-7-11-17(14)24/h4-11,13,24H,12H2,1-3H3. The molecule has 6 heteroatoms. The van der Waals surface area contributed by atoms with E-state index in [-0.39, 0.29) is 35.5 Å². The van der Waals surface area contributed by atoms with Gasteiger partial charge in [-0.1, -0.05) is 36.4 Å². The summed E-state index contributed by atoms with van der Waals surface area (Å²) in [5.41, 5.74) is 0.659. The van der Waals surface area contributed by atoms with Gasteiger partial charge in [0.1, 0.15) is 5.75 Å². The van der Waals surface area contributed by atoms with E-state index in [2.05, 4.69) is 5.10 Å². The molecule has 1 N–H and O–H groups in total. The summed E-state index contributed by atoms with van der Waals surface area (Å²) in [4.78, 5) is 27.1. The van der Waals surface area contributed by atoms with Crippen LogP contribution in [-0.2, 0) is 6.54 Å². The zero-order valence-electron chi connectivity index (χ0n) is 15.0. The maximum atomic E-state index is 13.0. The van der Waals surface area contributed by atoms with Gasteiger partial charge in [-0.05, 0) is 26.0 Å². The lowest BCUT2D eigenvalue weighted by Gasteiger charge is -2.19. The van der Waals surface area contributed by atoms with Gasteiger partial charge in [-0.25, -0.2) is 4.68 Å². The van der Waals surface area contributed by atoms with Crippen molar-refractivity contribution >= 4 is 16.7 Å². The summed E-state index contributed by atoms with van der Waals surface area (Å²) in [5, 5.41) is 15.3. The Hall–Kier alpha value is -3.15. The van der Waals surface area contributed by atoms with Crippen molar-refractivity contribution in [2.75, 3.05) is 7.05 Å². The van der Waals surface area contributed by atoms with E-state index in [0.29, 0.717) is 16.3 Å². The van der Waals surface area contributed by atoms with Crippen LogP contribution in [-0.4, -0.2) is 32.7 Å². The third kappa shape index (κ3) is 3.18. The van der Waals surface area contributed by atoms with Gasteiger partial charge in [0.2, 0.25) is 0 Å². The third-order valence-electron chi connectivity index (χ3n) is 4.27. The lowest BCUT2D eigenvalue weighted by Crippen LogP contribution is -2.32. The van der Waals surface area contributed by atoms with Gasteiger partial charge < -0.3 is 10.0 Å². The molecule has 0 spiro atoms. The van der Waals surface area contributed by atoms with Crippen LogP contribution >= 0.6 is 0 Å². The van der Waals surface area contributed by atoms with Crippen LogP contribution in [0.2, 0.25) is 0 Å². The Bertz CT molecular complexity index is 1020. The molecule has 0 saturated carbocycles. The van der Waals surface area contributed by atoms with E-state index in [1.54, 1.807) is 55.6 Å². The molecule has 0 bridgehead atoms. The molecule has 1 aromatic heterocycles. The fraction of sp³-hybridized carbons (Fsp3) is 0.250. The highest BCUT2D eigenvalue weighted by Gasteiger charge is 2.21. The number of benzene rings is 2. The van der Waals surface area contributed by atoms with Crippen LogP contribution in [0, 0.1) is 0 Å². The Morgan fingerprint density at radius 1 is 1.12 bits per heavy atom. The van der Waals surface area contributed by atoms with Gasteiger partial charge in [0.15, 0.2) is 5.69 Å². The average Bonchev–Trinajstić information content (AvgIpc) is 2.63. The van der Waals surface area contributed by atoms with E-state index >= 15 is 0 Å². The first-order chi connectivity index (χ1) is 12.4. The van der Waals surface area contributed by atoms with Crippen molar-refractivity contribution in [3.05, 3.63) is 70.1 Å². The number of aromatic hydroxyl groups is 1. The molecule has 6 nitrogen and oxygen atoms in total. The highest BCUT2D eigenvalue weighted by atomic mass is 16.3. The topological polar surface area (TPSA) is 75.4 Å². The Morgan fingerprint density at radius 2 is 1.73 bits per heavy atom. The summed E-state index contributed by atoms with van der Waals surface area (Å²) in [6.45, 7) is 3.94. The van der Waals surface area contributed by atoms with E-state index in [1.807, 2.05) is 13.8 Å². The van der Waals surface area contributed by atoms with Crippen molar-refractivity contribution in [3.8, 4) is 5.75 Å². The molecule has 1 heterocycles. The molecule has 3 aromatic rings. The number of rotatable bonds is 4. The highest BCUT2D eigenvalue weighted by molar-refractivity contribution is 6.04. The fourth-order valence-corrected chi connectivity index (χ4v) is 2.87. The van der Waals surface area contributed by atoms with E-state index in [4.69, 9.17) is 0 Å². The third-order valence-corrected chi connectivity index (χ3v) is 4.27. The van der Waals surface area contributed by atoms with E-state index < -0.39 is 0 Å². The molecule has 0 unspecified atom stereocenters. The number of carbonyl (C=O) groups excluding carboxylic acids is 1. The number of para-hydroxylation sites is 1. The lowest BCUT2D eigenvalue weighted by molar-refractivity contribution is 0.0777. The van der Waals surface area contributed by atoms with Crippen molar-refractivity contribution in [1.29, 1.82) is 0 Å². The second-order valence-corrected chi connectivity index (χ2v) is 6.53. The molecule has 0 atom stereocenters. The number of hydrogen-bond acceptors (Lipinski definition) is 4. The average molecular weight is 351 g/mol. The van der Waals surface area contributed by atoms with Gasteiger partial charge in [0, 0.05) is 24.5 Å². The molecule has 26 heavy (non-hydrogen) atoms. The van der Waals surface area contributed by atoms with Gasteiger partial charge in [0.25, 0.3) is 11.5 Å². The molecule has 0 saturated heterocycles. The molecule has 2 aromatic carbocycles. The minimum absolute atomic E-state index is 0.136. The zero-order valence-corrected chi connectivity index (χ0v) is 15.0. The summed E-state index contributed by atoms with van der Waals surface area (Å²) < 4.78 is 1.34. The first-order valence-electron chi connectivity index (χ1n) is 8.44. The fourth-order valence-electron chi connectivity index (χ4n) is 2.87. The largest absolute Gasteiger partial charge is 0.508 e. The van der Waals surface area contributed by atoms with Crippen LogP contribution in [0.15, 0.2) is 53.3 Å². The normalized spacial score (nSPS) is 11.1. The number of aromatic nitrogens is 2. The van der Waals surface area contributed by atoms with Gasteiger partial charge in [-0.3, -0.25) is 9.59 Å².